The van der Waals surface area contributed by atoms with Crippen LogP contribution in [0.3, 0.4) is 0 Å². The third kappa shape index (κ3) is 4.64. The molecule has 0 radical (unpaired) electrons. The number of amides is 1. The van der Waals surface area contributed by atoms with Crippen LogP contribution in [0.25, 0.3) is 21.8 Å². The van der Waals surface area contributed by atoms with E-state index in [0.717, 1.165) is 31.4 Å². The fourth-order valence-corrected chi connectivity index (χ4v) is 4.97. The fraction of sp³-hybridized carbons (Fsp3) is 0.219. The van der Waals surface area contributed by atoms with Gasteiger partial charge >= 0.3 is 0 Å². The third-order valence-electron chi connectivity index (χ3n) is 6.90. The van der Waals surface area contributed by atoms with E-state index in [-0.39, 0.29) is 11.7 Å². The van der Waals surface area contributed by atoms with Gasteiger partial charge in [-0.15, -0.1) is 0 Å². The molecule has 1 heterocycles. The number of carbonyl (C=O) groups excluding carboxylic acids is 1. The van der Waals surface area contributed by atoms with Crippen molar-refractivity contribution in [1.29, 1.82) is 0 Å². The summed E-state index contributed by atoms with van der Waals surface area (Å²) >= 11 is 0. The molecule has 0 saturated heterocycles. The van der Waals surface area contributed by atoms with E-state index < -0.39 is 0 Å². The summed E-state index contributed by atoms with van der Waals surface area (Å²) in [5.41, 5.74) is 5.96. The van der Waals surface area contributed by atoms with E-state index in [2.05, 4.69) is 60.9 Å². The Kier molecular flexibility index (Phi) is 6.86. The number of carbonyl (C=O) groups is 1. The fourth-order valence-electron chi connectivity index (χ4n) is 4.97. The molecule has 36 heavy (non-hydrogen) atoms. The van der Waals surface area contributed by atoms with Crippen LogP contribution in [0.15, 0.2) is 91.0 Å². The summed E-state index contributed by atoms with van der Waals surface area (Å²) in [4.78, 5) is 15.5. The van der Waals surface area contributed by atoms with Crippen LogP contribution in [0.1, 0.15) is 48.2 Å². The van der Waals surface area contributed by atoms with E-state index in [1.165, 1.54) is 39.5 Å². The number of aromatic nitrogens is 1. The van der Waals surface area contributed by atoms with E-state index in [4.69, 9.17) is 0 Å². The number of benzene rings is 4. The highest BCUT2D eigenvalue weighted by Crippen LogP contribution is 2.31. The molecule has 1 amide bonds. The molecule has 1 aromatic heterocycles. The molecule has 5 rings (SSSR count). The van der Waals surface area contributed by atoms with Gasteiger partial charge in [-0.05, 0) is 85.5 Å². The number of anilines is 1. The van der Waals surface area contributed by atoms with E-state index >= 15 is 0 Å². The molecule has 0 aliphatic carbocycles. The lowest BCUT2D eigenvalue weighted by molar-refractivity contribution is 0.0985. The number of hydrogen-bond donors (Lipinski definition) is 0. The number of fused-ring (bicyclic) bond motifs is 3. The zero-order valence-electron chi connectivity index (χ0n) is 20.9. The van der Waals surface area contributed by atoms with Crippen LogP contribution in [0.2, 0.25) is 0 Å². The molecular weight excluding hydrogens is 447 g/mol. The molecule has 0 fully saturated rings. The van der Waals surface area contributed by atoms with Gasteiger partial charge in [-0.2, -0.15) is 0 Å². The first-order chi connectivity index (χ1) is 17.6. The maximum absolute atomic E-state index is 13.7. The van der Waals surface area contributed by atoms with Gasteiger partial charge in [0.25, 0.3) is 5.91 Å². The molecule has 0 saturated carbocycles. The molecular formula is C32H31FN2O. The second-order valence-corrected chi connectivity index (χ2v) is 9.28. The number of para-hydroxylation sites is 1. The minimum Gasteiger partial charge on any atom is -0.341 e. The zero-order chi connectivity index (χ0) is 25.1. The highest BCUT2D eigenvalue weighted by Gasteiger charge is 2.19. The van der Waals surface area contributed by atoms with Crippen LogP contribution in [0.4, 0.5) is 10.1 Å². The summed E-state index contributed by atoms with van der Waals surface area (Å²) in [6.45, 7) is 5.61. The van der Waals surface area contributed by atoms with Crippen LogP contribution < -0.4 is 4.90 Å². The van der Waals surface area contributed by atoms with Crippen molar-refractivity contribution in [3.05, 3.63) is 114 Å². The lowest BCUT2D eigenvalue weighted by Gasteiger charge is -2.23. The van der Waals surface area contributed by atoms with Gasteiger partial charge in [0.05, 0.1) is 6.54 Å². The van der Waals surface area contributed by atoms with Crippen LogP contribution in [0.5, 0.6) is 0 Å². The minimum absolute atomic E-state index is 0.0975. The molecule has 182 valence electrons. The van der Waals surface area contributed by atoms with E-state index in [1.807, 2.05) is 24.3 Å². The van der Waals surface area contributed by atoms with Crippen molar-refractivity contribution >= 4 is 33.4 Å². The molecule has 0 spiro atoms. The number of hydrogen-bond acceptors (Lipinski definition) is 1. The molecule has 0 atom stereocenters. The van der Waals surface area contributed by atoms with Crippen molar-refractivity contribution in [3.63, 3.8) is 0 Å². The highest BCUT2D eigenvalue weighted by molar-refractivity contribution is 6.09. The molecule has 0 bridgehead atoms. The van der Waals surface area contributed by atoms with Crippen molar-refractivity contribution < 1.29 is 9.18 Å². The molecule has 3 nitrogen and oxygen atoms in total. The Bertz CT molecular complexity index is 1500. The quantitative estimate of drug-likeness (QED) is 0.221. The van der Waals surface area contributed by atoms with Crippen LogP contribution in [-0.4, -0.2) is 10.5 Å². The summed E-state index contributed by atoms with van der Waals surface area (Å²) in [5.74, 6) is -0.417. The SMILES string of the molecule is CCCCc1ccc(C(=O)N(Cc2ccc3c(c2)c2ccccc2n3CC)c2ccc(F)cc2)cc1. The summed E-state index contributed by atoms with van der Waals surface area (Å²) in [7, 11) is 0. The number of halogens is 1. The number of unbranched alkanes of at least 4 members (excludes halogenated alkanes) is 1. The normalized spacial score (nSPS) is 11.3. The van der Waals surface area contributed by atoms with Crippen LogP contribution >= 0.6 is 0 Å². The maximum Gasteiger partial charge on any atom is 0.258 e. The van der Waals surface area contributed by atoms with E-state index in [0.29, 0.717) is 17.8 Å². The molecule has 0 unspecified atom stereocenters. The summed E-state index contributed by atoms with van der Waals surface area (Å²) in [6.07, 6.45) is 3.28. The van der Waals surface area contributed by atoms with Gasteiger partial charge in [-0.25, -0.2) is 4.39 Å². The Balaban J connectivity index is 1.52. The first kappa shape index (κ1) is 23.8. The van der Waals surface area contributed by atoms with Gasteiger partial charge in [0.1, 0.15) is 5.82 Å². The largest absolute Gasteiger partial charge is 0.341 e. The van der Waals surface area contributed by atoms with Crippen molar-refractivity contribution in [2.24, 2.45) is 0 Å². The maximum atomic E-state index is 13.7. The smallest absolute Gasteiger partial charge is 0.258 e. The Labute approximate surface area is 211 Å². The highest BCUT2D eigenvalue weighted by atomic mass is 19.1. The molecule has 0 aliphatic rings. The first-order valence-corrected chi connectivity index (χ1v) is 12.7. The molecule has 5 aromatic rings. The Morgan fingerprint density at radius 3 is 2.22 bits per heavy atom. The Hall–Kier alpha value is -3.92. The number of rotatable bonds is 8. The van der Waals surface area contributed by atoms with Crippen molar-refractivity contribution in [1.82, 2.24) is 4.57 Å². The Morgan fingerprint density at radius 1 is 0.806 bits per heavy atom. The van der Waals surface area contributed by atoms with Crippen molar-refractivity contribution in [2.75, 3.05) is 4.90 Å². The van der Waals surface area contributed by atoms with Gasteiger partial charge in [-0.3, -0.25) is 4.79 Å². The van der Waals surface area contributed by atoms with Gasteiger partial charge in [-0.1, -0.05) is 49.7 Å². The zero-order valence-corrected chi connectivity index (χ0v) is 20.9. The van der Waals surface area contributed by atoms with Gasteiger partial charge < -0.3 is 9.47 Å². The monoisotopic (exact) mass is 478 g/mol. The molecule has 4 heteroatoms. The molecule has 0 aliphatic heterocycles. The molecule has 0 N–H and O–H groups in total. The Morgan fingerprint density at radius 2 is 1.50 bits per heavy atom. The average Bonchev–Trinajstić information content (AvgIpc) is 3.24. The van der Waals surface area contributed by atoms with E-state index in [1.54, 1.807) is 17.0 Å². The van der Waals surface area contributed by atoms with Crippen LogP contribution in [0, 0.1) is 5.82 Å². The van der Waals surface area contributed by atoms with Crippen molar-refractivity contribution in [2.45, 2.75) is 46.2 Å². The molecule has 4 aromatic carbocycles. The predicted octanol–water partition coefficient (Wildman–Crippen LogP) is 8.14. The number of nitrogens with zero attached hydrogens (tertiary/aromatic N) is 2. The van der Waals surface area contributed by atoms with E-state index in [9.17, 15) is 9.18 Å². The van der Waals surface area contributed by atoms with Crippen LogP contribution in [-0.2, 0) is 19.5 Å². The topological polar surface area (TPSA) is 25.2 Å². The standard InChI is InChI=1S/C32H31FN2O/c1-3-5-8-23-11-14-25(15-12-23)32(36)35(27-18-16-26(33)17-19-27)22-24-13-20-31-29(21-24)28-9-6-7-10-30(28)34(31)4-2/h6-7,9-21H,3-5,8,22H2,1-2H3. The van der Waals surface area contributed by atoms with Gasteiger partial charge in [0, 0.05) is 39.6 Å². The first-order valence-electron chi connectivity index (χ1n) is 12.7. The lowest BCUT2D eigenvalue weighted by Crippen LogP contribution is -2.30. The third-order valence-corrected chi connectivity index (χ3v) is 6.90. The summed E-state index contributed by atoms with van der Waals surface area (Å²) in [5, 5.41) is 2.38. The van der Waals surface area contributed by atoms with Crippen molar-refractivity contribution in [3.8, 4) is 0 Å². The van der Waals surface area contributed by atoms with Gasteiger partial charge in [0.15, 0.2) is 0 Å². The summed E-state index contributed by atoms with van der Waals surface area (Å²) < 4.78 is 16.0. The number of aryl methyl sites for hydroxylation is 2. The second-order valence-electron chi connectivity index (χ2n) is 9.28. The second kappa shape index (κ2) is 10.4. The minimum atomic E-state index is -0.319. The lowest BCUT2D eigenvalue weighted by atomic mass is 10.0. The van der Waals surface area contributed by atoms with Gasteiger partial charge in [0.2, 0.25) is 0 Å². The predicted molar refractivity (Wildman–Crippen MR) is 147 cm³/mol. The summed E-state index contributed by atoms with van der Waals surface area (Å²) in [6, 6.07) is 28.9. The average molecular weight is 479 g/mol.